The Balaban J connectivity index is 2.22. The van der Waals surface area contributed by atoms with Gasteiger partial charge in [0.15, 0.2) is 0 Å². The van der Waals surface area contributed by atoms with Crippen LogP contribution in [0.3, 0.4) is 0 Å². The van der Waals surface area contributed by atoms with Gasteiger partial charge in [0.2, 0.25) is 11.9 Å². The summed E-state index contributed by atoms with van der Waals surface area (Å²) in [6, 6.07) is 1.32. The molecule has 1 saturated heterocycles. The molecular weight excluding hydrogens is 180 g/mol. The lowest BCUT2D eigenvalue weighted by molar-refractivity contribution is -0.120. The maximum absolute atomic E-state index is 11.6. The van der Waals surface area contributed by atoms with Crippen molar-refractivity contribution >= 4 is 11.9 Å². The third-order valence-electron chi connectivity index (χ3n) is 2.27. The number of rotatable bonds is 1. The Bertz CT molecular complexity index is 327. The molecule has 0 spiro atoms. The van der Waals surface area contributed by atoms with Gasteiger partial charge in [-0.25, -0.2) is 9.97 Å². The van der Waals surface area contributed by atoms with Gasteiger partial charge in [-0.15, -0.1) is 0 Å². The Morgan fingerprint density at radius 3 is 2.86 bits per heavy atom. The summed E-state index contributed by atoms with van der Waals surface area (Å²) in [4.78, 5) is 21.2. The molecule has 5 nitrogen and oxygen atoms in total. The van der Waals surface area contributed by atoms with Gasteiger partial charge in [-0.05, 0) is 18.9 Å². The van der Waals surface area contributed by atoms with Gasteiger partial charge in [0.1, 0.15) is 0 Å². The second kappa shape index (κ2) is 3.71. The van der Waals surface area contributed by atoms with Gasteiger partial charge in [0.25, 0.3) is 0 Å². The van der Waals surface area contributed by atoms with Gasteiger partial charge in [-0.1, -0.05) is 0 Å². The first-order valence-electron chi connectivity index (χ1n) is 4.63. The molecule has 2 heterocycles. The lowest BCUT2D eigenvalue weighted by Gasteiger charge is -2.28. The van der Waals surface area contributed by atoms with Crippen molar-refractivity contribution in [1.29, 1.82) is 0 Å². The fourth-order valence-electron chi connectivity index (χ4n) is 1.53. The van der Waals surface area contributed by atoms with Crippen LogP contribution in [0, 0.1) is 0 Å². The Morgan fingerprint density at radius 1 is 1.43 bits per heavy atom. The van der Waals surface area contributed by atoms with Crippen molar-refractivity contribution in [3.63, 3.8) is 0 Å². The molecule has 0 bridgehead atoms. The molecule has 0 aromatic carbocycles. The largest absolute Gasteiger partial charge is 0.320 e. The first kappa shape index (κ1) is 9.08. The van der Waals surface area contributed by atoms with Crippen LogP contribution in [0.15, 0.2) is 18.5 Å². The highest BCUT2D eigenvalue weighted by atomic mass is 16.2. The number of carbonyl (C=O) groups excluding carboxylic acids is 1. The Morgan fingerprint density at radius 2 is 2.14 bits per heavy atom. The van der Waals surface area contributed by atoms with E-state index >= 15 is 0 Å². The number of aromatic nitrogens is 2. The minimum absolute atomic E-state index is 0.0811. The summed E-state index contributed by atoms with van der Waals surface area (Å²) in [5.41, 5.74) is 5.66. The molecule has 1 fully saturated rings. The standard InChI is InChI=1S/C9H12N4O/c10-7-3-1-6-13(8(7)14)9-11-4-2-5-12-9/h2,4-5,7H,1,3,6,10H2. The average molecular weight is 192 g/mol. The van der Waals surface area contributed by atoms with Crippen LogP contribution in [0.4, 0.5) is 5.95 Å². The second-order valence-electron chi connectivity index (χ2n) is 3.29. The number of amides is 1. The maximum Gasteiger partial charge on any atom is 0.246 e. The van der Waals surface area contributed by atoms with E-state index < -0.39 is 6.04 Å². The van der Waals surface area contributed by atoms with Crippen LogP contribution < -0.4 is 10.6 Å². The SMILES string of the molecule is NC1CCCN(c2ncccn2)C1=O. The Kier molecular flexibility index (Phi) is 2.41. The normalized spacial score (nSPS) is 22.5. The third-order valence-corrected chi connectivity index (χ3v) is 2.27. The molecule has 2 rings (SSSR count). The lowest BCUT2D eigenvalue weighted by Crippen LogP contribution is -2.49. The Hall–Kier alpha value is -1.49. The van der Waals surface area contributed by atoms with Crippen LogP contribution in [0.2, 0.25) is 0 Å². The van der Waals surface area contributed by atoms with Crippen LogP contribution in [-0.4, -0.2) is 28.5 Å². The minimum Gasteiger partial charge on any atom is -0.320 e. The van der Waals surface area contributed by atoms with Gasteiger partial charge in [0.05, 0.1) is 6.04 Å². The zero-order chi connectivity index (χ0) is 9.97. The van der Waals surface area contributed by atoms with Gasteiger partial charge >= 0.3 is 0 Å². The van der Waals surface area contributed by atoms with Crippen LogP contribution >= 0.6 is 0 Å². The van der Waals surface area contributed by atoms with E-state index in [1.165, 1.54) is 0 Å². The van der Waals surface area contributed by atoms with E-state index in [2.05, 4.69) is 9.97 Å². The van der Waals surface area contributed by atoms with Crippen LogP contribution in [-0.2, 0) is 4.79 Å². The lowest BCUT2D eigenvalue weighted by atomic mass is 10.1. The van der Waals surface area contributed by atoms with Crippen molar-refractivity contribution in [3.8, 4) is 0 Å². The number of nitrogens with two attached hydrogens (primary N) is 1. The molecule has 0 aliphatic carbocycles. The monoisotopic (exact) mass is 192 g/mol. The van der Waals surface area contributed by atoms with E-state index in [0.29, 0.717) is 12.5 Å². The third kappa shape index (κ3) is 1.58. The first-order valence-corrected chi connectivity index (χ1v) is 4.63. The number of hydrogen-bond acceptors (Lipinski definition) is 4. The fourth-order valence-corrected chi connectivity index (χ4v) is 1.53. The maximum atomic E-state index is 11.6. The summed E-state index contributed by atoms with van der Waals surface area (Å²) in [6.07, 6.45) is 4.90. The number of anilines is 1. The van der Waals surface area contributed by atoms with Gasteiger partial charge in [-0.2, -0.15) is 0 Å². The van der Waals surface area contributed by atoms with Gasteiger partial charge in [0, 0.05) is 18.9 Å². The van der Waals surface area contributed by atoms with E-state index in [4.69, 9.17) is 5.73 Å². The van der Waals surface area contributed by atoms with Crippen molar-refractivity contribution in [1.82, 2.24) is 9.97 Å². The predicted molar refractivity (Wildman–Crippen MR) is 51.6 cm³/mol. The second-order valence-corrected chi connectivity index (χ2v) is 3.29. The molecule has 74 valence electrons. The predicted octanol–water partition coefficient (Wildman–Crippen LogP) is -0.0693. The number of carbonyl (C=O) groups is 1. The topological polar surface area (TPSA) is 72.1 Å². The zero-order valence-electron chi connectivity index (χ0n) is 7.76. The van der Waals surface area contributed by atoms with Crippen LogP contribution in [0.1, 0.15) is 12.8 Å². The molecule has 2 N–H and O–H groups in total. The zero-order valence-corrected chi connectivity index (χ0v) is 7.76. The molecule has 14 heavy (non-hydrogen) atoms. The van der Waals surface area contributed by atoms with Crippen molar-refractivity contribution < 1.29 is 4.79 Å². The molecule has 1 amide bonds. The van der Waals surface area contributed by atoms with Crippen LogP contribution in [0.5, 0.6) is 0 Å². The molecule has 0 saturated carbocycles. The molecule has 1 aliphatic rings. The summed E-state index contributed by atoms with van der Waals surface area (Å²) in [5.74, 6) is 0.370. The molecule has 1 unspecified atom stereocenters. The van der Waals surface area contributed by atoms with Crippen LogP contribution in [0.25, 0.3) is 0 Å². The molecular formula is C9H12N4O. The molecule has 1 aliphatic heterocycles. The number of nitrogens with zero attached hydrogens (tertiary/aromatic N) is 3. The average Bonchev–Trinajstić information content (AvgIpc) is 2.23. The molecule has 1 atom stereocenters. The van der Waals surface area contributed by atoms with Crippen molar-refractivity contribution in [2.45, 2.75) is 18.9 Å². The summed E-state index contributed by atoms with van der Waals surface area (Å²) in [7, 11) is 0. The highest BCUT2D eigenvalue weighted by Crippen LogP contribution is 2.14. The van der Waals surface area contributed by atoms with Crippen molar-refractivity contribution in [2.24, 2.45) is 5.73 Å². The molecule has 5 heteroatoms. The molecule has 0 radical (unpaired) electrons. The summed E-state index contributed by atoms with van der Waals surface area (Å²) in [6.45, 7) is 0.663. The minimum atomic E-state index is -0.396. The van der Waals surface area contributed by atoms with Crippen molar-refractivity contribution in [3.05, 3.63) is 18.5 Å². The smallest absolute Gasteiger partial charge is 0.246 e. The first-order chi connectivity index (χ1) is 6.79. The van der Waals surface area contributed by atoms with Gasteiger partial charge < -0.3 is 5.73 Å². The fraction of sp³-hybridized carbons (Fsp3) is 0.444. The summed E-state index contributed by atoms with van der Waals surface area (Å²) >= 11 is 0. The molecule has 1 aromatic rings. The highest BCUT2D eigenvalue weighted by Gasteiger charge is 2.27. The number of piperidine rings is 1. The Labute approximate surface area is 82.0 Å². The van der Waals surface area contributed by atoms with E-state index in [1.807, 2.05) is 0 Å². The van der Waals surface area contributed by atoms with Crippen molar-refractivity contribution in [2.75, 3.05) is 11.4 Å². The summed E-state index contributed by atoms with van der Waals surface area (Å²) in [5, 5.41) is 0. The quantitative estimate of drug-likeness (QED) is 0.676. The summed E-state index contributed by atoms with van der Waals surface area (Å²) < 4.78 is 0. The van der Waals surface area contributed by atoms with E-state index in [9.17, 15) is 4.79 Å². The number of hydrogen-bond donors (Lipinski definition) is 1. The van der Waals surface area contributed by atoms with E-state index in [-0.39, 0.29) is 5.91 Å². The highest BCUT2D eigenvalue weighted by molar-refractivity contribution is 5.96. The molecule has 1 aromatic heterocycles. The van der Waals surface area contributed by atoms with E-state index in [1.54, 1.807) is 23.4 Å². The van der Waals surface area contributed by atoms with E-state index in [0.717, 1.165) is 12.8 Å². The van der Waals surface area contributed by atoms with Gasteiger partial charge in [-0.3, -0.25) is 9.69 Å².